The number of ether oxygens (including phenoxy) is 5. The molecule has 492 valence electrons. The summed E-state index contributed by atoms with van der Waals surface area (Å²) in [6.45, 7) is 62.6. The monoisotopic (exact) mass is 1260 g/mol. The van der Waals surface area contributed by atoms with Crippen LogP contribution in [0.25, 0.3) is 0 Å². The quantitative estimate of drug-likeness (QED) is 0.0253. The van der Waals surface area contributed by atoms with E-state index in [-0.39, 0.29) is 53.4 Å². The van der Waals surface area contributed by atoms with Crippen molar-refractivity contribution in [2.24, 2.45) is 28.1 Å². The van der Waals surface area contributed by atoms with E-state index in [0.29, 0.717) is 39.6 Å². The van der Waals surface area contributed by atoms with Crippen molar-refractivity contribution in [3.05, 3.63) is 0 Å². The summed E-state index contributed by atoms with van der Waals surface area (Å²) in [5, 5.41) is 0. The van der Waals surface area contributed by atoms with Crippen LogP contribution in [-0.4, -0.2) is 137 Å². The zero-order valence-electron chi connectivity index (χ0n) is 59.3. The molecule has 0 aliphatic rings. The number of esters is 5. The van der Waals surface area contributed by atoms with Gasteiger partial charge < -0.3 is 45.8 Å². The zero-order chi connectivity index (χ0) is 65.6. The van der Waals surface area contributed by atoms with Gasteiger partial charge in [0.25, 0.3) is 0 Å². The Kier molecular flexibility index (Phi) is 47.5. The summed E-state index contributed by atoms with van der Waals surface area (Å²) in [7, 11) is -4.00. The molecule has 0 radical (unpaired) electrons. The fourth-order valence-electron chi connectivity index (χ4n) is 6.21. The van der Waals surface area contributed by atoms with E-state index in [4.69, 9.17) is 45.8 Å². The molecule has 0 rings (SSSR count). The molecule has 0 amide bonds. The van der Waals surface area contributed by atoms with Crippen molar-refractivity contribution in [1.82, 2.24) is 0 Å². The first-order valence-electron chi connectivity index (χ1n) is 30.9. The summed E-state index contributed by atoms with van der Waals surface area (Å²) in [5.41, 5.74) is -1.72. The van der Waals surface area contributed by atoms with E-state index in [9.17, 15) is 24.0 Å². The maximum absolute atomic E-state index is 12.0. The lowest BCUT2D eigenvalue weighted by Gasteiger charge is -2.26. The molecule has 3 unspecified atom stereocenters. The Morgan fingerprint density at radius 1 is 0.415 bits per heavy atom. The van der Waals surface area contributed by atoms with Gasteiger partial charge in [-0.25, -0.2) is 0 Å². The average Bonchev–Trinajstić information content (AvgIpc) is 3.31. The Morgan fingerprint density at radius 2 is 0.744 bits per heavy atom. The van der Waals surface area contributed by atoms with Gasteiger partial charge in [0.2, 0.25) is 0 Å². The second kappa shape index (κ2) is 43.8. The third-order valence-electron chi connectivity index (χ3n) is 12.9. The van der Waals surface area contributed by atoms with Crippen molar-refractivity contribution < 1.29 is 69.8 Å². The van der Waals surface area contributed by atoms with Crippen LogP contribution in [0.4, 0.5) is 0 Å². The maximum atomic E-state index is 12.0. The molecule has 0 aromatic rings. The lowest BCUT2D eigenvalue weighted by Crippen LogP contribution is -2.33. The first-order chi connectivity index (χ1) is 37.0. The topological polar surface area (TPSA) is 178 Å². The van der Waals surface area contributed by atoms with Crippen LogP contribution < -0.4 is 0 Å². The Hall–Kier alpha value is -1.77. The van der Waals surface area contributed by atoms with E-state index in [1.165, 1.54) is 0 Å². The molecular formula is C62H134O15Si5. The third-order valence-corrected chi connectivity index (χ3v) is 21.3. The Labute approximate surface area is 510 Å². The molecule has 0 spiro atoms. The van der Waals surface area contributed by atoms with Gasteiger partial charge in [-0.1, -0.05) is 53.9 Å². The number of hydrogen-bond acceptors (Lipinski definition) is 15. The summed E-state index contributed by atoms with van der Waals surface area (Å²) in [6, 6.07) is 2.00. The summed E-state index contributed by atoms with van der Waals surface area (Å²) >= 11 is 0. The molecular weight excluding hydrogens is 1130 g/mol. The summed E-state index contributed by atoms with van der Waals surface area (Å²) < 4.78 is 54.4. The predicted molar refractivity (Wildman–Crippen MR) is 354 cm³/mol. The van der Waals surface area contributed by atoms with Crippen LogP contribution in [0, 0.1) is 28.1 Å². The fourth-order valence-corrected chi connectivity index (χ4v) is 11.0. The Bertz CT molecular complexity index is 1700. The summed E-state index contributed by atoms with van der Waals surface area (Å²) in [5.74, 6) is -0.556. The van der Waals surface area contributed by atoms with Crippen molar-refractivity contribution in [3.8, 4) is 0 Å². The van der Waals surface area contributed by atoms with E-state index >= 15 is 0 Å². The molecule has 0 aromatic carbocycles. The number of hydrogen-bond donors (Lipinski definition) is 0. The third kappa shape index (κ3) is 56.1. The van der Waals surface area contributed by atoms with Gasteiger partial charge in [0.05, 0.1) is 54.0 Å². The van der Waals surface area contributed by atoms with Gasteiger partial charge in [0, 0.05) is 34.0 Å². The van der Waals surface area contributed by atoms with Gasteiger partial charge in [0.1, 0.15) is 5.60 Å². The molecule has 0 saturated heterocycles. The largest absolute Gasteiger partial charge is 0.466 e. The van der Waals surface area contributed by atoms with E-state index in [0.717, 1.165) is 82.7 Å². The molecule has 3 atom stereocenters. The van der Waals surface area contributed by atoms with Gasteiger partial charge in [-0.2, -0.15) is 0 Å². The van der Waals surface area contributed by atoms with Gasteiger partial charge in [0.15, 0.2) is 41.6 Å². The van der Waals surface area contributed by atoms with Gasteiger partial charge in [-0.3, -0.25) is 24.0 Å². The van der Waals surface area contributed by atoms with Gasteiger partial charge in [-0.15, -0.1) is 0 Å². The molecule has 0 N–H and O–H groups in total. The molecule has 0 aliphatic heterocycles. The minimum atomic E-state index is -1.55. The van der Waals surface area contributed by atoms with Crippen LogP contribution in [0.3, 0.4) is 0 Å². The predicted octanol–water partition coefficient (Wildman–Crippen LogP) is 16.8. The maximum Gasteiger partial charge on any atom is 0.311 e. The molecule has 0 aromatic heterocycles. The number of unbranched alkanes of at least 4 members (excludes halogenated alkanes) is 2. The highest BCUT2D eigenvalue weighted by molar-refractivity contribution is 6.71. The second-order valence-corrected chi connectivity index (χ2v) is 51.3. The number of carbonyl (C=O) groups excluding carboxylic acids is 5. The molecule has 82 heavy (non-hydrogen) atoms. The molecule has 15 nitrogen and oxygen atoms in total. The second-order valence-electron chi connectivity index (χ2n) is 28.9. The average molecular weight is 1260 g/mol. The highest BCUT2D eigenvalue weighted by Gasteiger charge is 2.33. The Balaban J connectivity index is -0.000000302. The number of rotatable bonds is 35. The molecule has 0 fully saturated rings. The summed E-state index contributed by atoms with van der Waals surface area (Å²) in [4.78, 5) is 58.7. The van der Waals surface area contributed by atoms with E-state index in [1.54, 1.807) is 14.2 Å². The lowest BCUT2D eigenvalue weighted by molar-refractivity contribution is -0.160. The van der Waals surface area contributed by atoms with Crippen molar-refractivity contribution >= 4 is 71.4 Å². The lowest BCUT2D eigenvalue weighted by atomic mass is 9.90. The smallest absolute Gasteiger partial charge is 0.311 e. The normalized spacial score (nSPS) is 13.6. The standard InChI is InChI=1S/C14H30O3Si.C13H28O3Si.2C12H26O3Si.C11H24O3Si/c1-8-9-12(2)17-13(15)14(3,4)10-11-16-18(5,6)7;1-7-8-10-15-12(14)13(2,3)9-11-16-17(4,5)6;1-10(8-9-16(6,7)14-5)11(13)15-12(2,3)4;1-6-7-9-15-12(13)11(2)8-10-16(4,5)14-3;1-7-13-10(12)11(2,3)8-9-14-15(4,5)6/h12H,8-11H2,1-7H3;7-11H2,1-6H3;10H,8-9H2,1-7H3;11H,6-10H2,1-5H3;7-9H2,1-6H3. The molecule has 20 heteroatoms. The number of carbonyl (C=O) groups is 5. The highest BCUT2D eigenvalue weighted by Crippen LogP contribution is 2.27. The van der Waals surface area contributed by atoms with Gasteiger partial charge >= 0.3 is 29.8 Å². The summed E-state index contributed by atoms with van der Waals surface area (Å²) in [6.07, 6.45) is 9.86. The van der Waals surface area contributed by atoms with Crippen LogP contribution in [0.5, 0.6) is 0 Å². The van der Waals surface area contributed by atoms with Gasteiger partial charge in [-0.05, 0) is 225 Å². The minimum absolute atomic E-state index is 0.00113. The van der Waals surface area contributed by atoms with Crippen molar-refractivity contribution in [2.75, 3.05) is 53.9 Å². The van der Waals surface area contributed by atoms with E-state index in [2.05, 4.69) is 106 Å². The van der Waals surface area contributed by atoms with Crippen molar-refractivity contribution in [1.29, 1.82) is 0 Å². The first-order valence-corrected chi connectivity index (χ1v) is 47.4. The molecule has 0 aliphatic carbocycles. The van der Waals surface area contributed by atoms with E-state index in [1.807, 2.05) is 90.0 Å². The molecule has 0 heterocycles. The highest BCUT2D eigenvalue weighted by atomic mass is 28.4. The minimum Gasteiger partial charge on any atom is -0.466 e. The Morgan fingerprint density at radius 3 is 1.05 bits per heavy atom. The van der Waals surface area contributed by atoms with Crippen LogP contribution in [0.1, 0.15) is 181 Å². The van der Waals surface area contributed by atoms with Crippen molar-refractivity contribution in [2.45, 2.75) is 290 Å². The van der Waals surface area contributed by atoms with Crippen LogP contribution in [0.15, 0.2) is 0 Å². The van der Waals surface area contributed by atoms with Crippen molar-refractivity contribution in [3.63, 3.8) is 0 Å². The van der Waals surface area contributed by atoms with Crippen LogP contribution >= 0.6 is 0 Å². The fraction of sp³-hybridized carbons (Fsp3) is 0.919. The van der Waals surface area contributed by atoms with Crippen LogP contribution in [-0.2, 0) is 69.8 Å². The SMILES string of the molecule is CCCC(C)OC(=O)C(C)(C)CCO[Si](C)(C)C.CCCCOC(=O)C(C)(C)CCO[Si](C)(C)C.CCCCOC(=O)C(C)CC[Si](C)(C)OC.CCOC(=O)C(C)(C)CCO[Si](C)(C)C.CO[Si](C)(C)CCC(C)C(=O)OC(C)(C)C. The van der Waals surface area contributed by atoms with Crippen LogP contribution in [0.2, 0.25) is 97.2 Å². The first kappa shape index (κ1) is 89.0. The molecule has 0 bridgehead atoms. The van der Waals surface area contributed by atoms with E-state index < -0.39 is 57.8 Å². The zero-order valence-corrected chi connectivity index (χ0v) is 64.3. The molecule has 0 saturated carbocycles.